The predicted octanol–water partition coefficient (Wildman–Crippen LogP) is 1.63. The zero-order chi connectivity index (χ0) is 11.4. The van der Waals surface area contributed by atoms with Gasteiger partial charge in [0.2, 0.25) is 5.95 Å². The minimum atomic E-state index is -0.272. The van der Waals surface area contributed by atoms with Gasteiger partial charge in [-0.2, -0.15) is 0 Å². The van der Waals surface area contributed by atoms with E-state index in [2.05, 4.69) is 15.3 Å². The van der Waals surface area contributed by atoms with Gasteiger partial charge in [-0.1, -0.05) is 12.2 Å². The Morgan fingerprint density at radius 2 is 2.31 bits per heavy atom. The fourth-order valence-corrected chi connectivity index (χ4v) is 1.40. The summed E-state index contributed by atoms with van der Waals surface area (Å²) in [4.78, 5) is 7.24. The highest BCUT2D eigenvalue weighted by atomic mass is 19.1. The van der Waals surface area contributed by atoms with Crippen molar-refractivity contribution in [2.24, 2.45) is 5.73 Å². The van der Waals surface area contributed by atoms with E-state index in [0.717, 1.165) is 5.52 Å². The van der Waals surface area contributed by atoms with Crippen molar-refractivity contribution in [2.75, 3.05) is 18.4 Å². The van der Waals surface area contributed by atoms with E-state index in [9.17, 15) is 4.39 Å². The van der Waals surface area contributed by atoms with Crippen LogP contribution in [0.3, 0.4) is 0 Å². The summed E-state index contributed by atoms with van der Waals surface area (Å²) in [5.74, 6) is 0.355. The van der Waals surface area contributed by atoms with E-state index < -0.39 is 0 Å². The van der Waals surface area contributed by atoms with E-state index in [-0.39, 0.29) is 5.82 Å². The smallest absolute Gasteiger partial charge is 0.201 e. The lowest BCUT2D eigenvalue weighted by Crippen LogP contribution is -2.01. The summed E-state index contributed by atoms with van der Waals surface area (Å²) in [5.41, 5.74) is 6.73. The molecule has 0 aliphatic heterocycles. The SMILES string of the molecule is NC/C=C/CNc1nc2ccc(F)cc2[nH]1. The maximum atomic E-state index is 12.9. The van der Waals surface area contributed by atoms with Gasteiger partial charge < -0.3 is 16.0 Å². The summed E-state index contributed by atoms with van der Waals surface area (Å²) in [6.45, 7) is 1.16. The van der Waals surface area contributed by atoms with Crippen LogP contribution < -0.4 is 11.1 Å². The highest BCUT2D eigenvalue weighted by Gasteiger charge is 2.01. The summed E-state index contributed by atoms with van der Waals surface area (Å²) < 4.78 is 12.9. The highest BCUT2D eigenvalue weighted by Crippen LogP contribution is 2.14. The van der Waals surface area contributed by atoms with Crippen LogP contribution >= 0.6 is 0 Å². The zero-order valence-corrected chi connectivity index (χ0v) is 8.70. The second-order valence-corrected chi connectivity index (χ2v) is 3.33. The molecule has 2 aromatic rings. The average molecular weight is 220 g/mol. The van der Waals surface area contributed by atoms with Gasteiger partial charge in [0, 0.05) is 13.1 Å². The van der Waals surface area contributed by atoms with Crippen molar-refractivity contribution < 1.29 is 4.39 Å². The molecule has 0 fully saturated rings. The van der Waals surface area contributed by atoms with Crippen LogP contribution in [-0.4, -0.2) is 23.1 Å². The standard InChI is InChI=1S/C11H13FN4/c12-8-3-4-9-10(7-8)16-11(15-9)14-6-2-1-5-13/h1-4,7H,5-6,13H2,(H2,14,15,16)/b2-1+. The number of hydrogen-bond donors (Lipinski definition) is 3. The first-order valence-corrected chi connectivity index (χ1v) is 5.04. The third-order valence-corrected chi connectivity index (χ3v) is 2.13. The number of hydrogen-bond acceptors (Lipinski definition) is 3. The summed E-state index contributed by atoms with van der Waals surface area (Å²) in [6.07, 6.45) is 3.77. The van der Waals surface area contributed by atoms with Crippen LogP contribution in [0.15, 0.2) is 30.4 Å². The van der Waals surface area contributed by atoms with Crippen molar-refractivity contribution in [3.63, 3.8) is 0 Å². The monoisotopic (exact) mass is 220 g/mol. The maximum Gasteiger partial charge on any atom is 0.201 e. The third kappa shape index (κ3) is 2.38. The Morgan fingerprint density at radius 3 is 3.12 bits per heavy atom. The number of aromatic amines is 1. The van der Waals surface area contributed by atoms with E-state index in [0.29, 0.717) is 24.6 Å². The molecule has 2 rings (SSSR count). The number of fused-ring (bicyclic) bond motifs is 1. The van der Waals surface area contributed by atoms with E-state index in [1.165, 1.54) is 12.1 Å². The number of benzene rings is 1. The molecule has 0 saturated heterocycles. The molecular weight excluding hydrogens is 207 g/mol. The molecular formula is C11H13FN4. The summed E-state index contributed by atoms with van der Waals surface area (Å²) in [6, 6.07) is 4.45. The van der Waals surface area contributed by atoms with Crippen LogP contribution in [-0.2, 0) is 0 Å². The second kappa shape index (κ2) is 4.76. The number of nitrogens with one attached hydrogen (secondary N) is 2. The van der Waals surface area contributed by atoms with E-state index in [1.54, 1.807) is 6.07 Å². The first-order valence-electron chi connectivity index (χ1n) is 5.04. The van der Waals surface area contributed by atoms with Crippen molar-refractivity contribution in [3.05, 3.63) is 36.2 Å². The molecule has 0 saturated carbocycles. The van der Waals surface area contributed by atoms with Gasteiger partial charge in [0.25, 0.3) is 0 Å². The molecule has 0 aliphatic carbocycles. The lowest BCUT2D eigenvalue weighted by molar-refractivity contribution is 0.629. The largest absolute Gasteiger partial charge is 0.352 e. The number of anilines is 1. The molecule has 0 bridgehead atoms. The molecule has 1 aromatic heterocycles. The molecule has 0 unspecified atom stereocenters. The van der Waals surface area contributed by atoms with Crippen LogP contribution in [0.5, 0.6) is 0 Å². The number of aromatic nitrogens is 2. The first-order chi connectivity index (χ1) is 7.79. The fourth-order valence-electron chi connectivity index (χ4n) is 1.40. The van der Waals surface area contributed by atoms with Crippen molar-refractivity contribution in [1.82, 2.24) is 9.97 Å². The van der Waals surface area contributed by atoms with Crippen LogP contribution in [0, 0.1) is 5.82 Å². The Labute approximate surface area is 92.4 Å². The molecule has 1 heterocycles. The van der Waals surface area contributed by atoms with Gasteiger partial charge in [-0.15, -0.1) is 0 Å². The van der Waals surface area contributed by atoms with E-state index in [4.69, 9.17) is 5.73 Å². The second-order valence-electron chi connectivity index (χ2n) is 3.33. The number of halogens is 1. The normalized spacial score (nSPS) is 11.4. The molecule has 0 amide bonds. The minimum Gasteiger partial charge on any atom is -0.352 e. The molecule has 16 heavy (non-hydrogen) atoms. The third-order valence-electron chi connectivity index (χ3n) is 2.13. The topological polar surface area (TPSA) is 66.7 Å². The Hall–Kier alpha value is -1.88. The molecule has 0 spiro atoms. The molecule has 1 aromatic carbocycles. The lowest BCUT2D eigenvalue weighted by Gasteiger charge is -1.95. The Morgan fingerprint density at radius 1 is 1.44 bits per heavy atom. The van der Waals surface area contributed by atoms with Crippen LogP contribution in [0.4, 0.5) is 10.3 Å². The van der Waals surface area contributed by atoms with E-state index in [1.807, 2.05) is 12.2 Å². The van der Waals surface area contributed by atoms with Gasteiger partial charge in [0.05, 0.1) is 11.0 Å². The molecule has 0 radical (unpaired) electrons. The predicted molar refractivity (Wildman–Crippen MR) is 62.7 cm³/mol. The number of H-pyrrole nitrogens is 1. The van der Waals surface area contributed by atoms with Crippen molar-refractivity contribution >= 4 is 17.0 Å². The average Bonchev–Trinajstić information content (AvgIpc) is 2.66. The summed E-state index contributed by atoms with van der Waals surface area (Å²) in [5, 5.41) is 3.06. The minimum absolute atomic E-state index is 0.272. The summed E-state index contributed by atoms with van der Waals surface area (Å²) >= 11 is 0. The van der Waals surface area contributed by atoms with Crippen molar-refractivity contribution in [3.8, 4) is 0 Å². The van der Waals surface area contributed by atoms with Crippen molar-refractivity contribution in [1.29, 1.82) is 0 Å². The first kappa shape index (κ1) is 10.6. The number of imidazole rings is 1. The molecule has 4 nitrogen and oxygen atoms in total. The lowest BCUT2D eigenvalue weighted by atomic mass is 10.3. The maximum absolute atomic E-state index is 12.9. The van der Waals surface area contributed by atoms with Gasteiger partial charge in [-0.25, -0.2) is 9.37 Å². The molecule has 84 valence electrons. The van der Waals surface area contributed by atoms with Crippen molar-refractivity contribution in [2.45, 2.75) is 0 Å². The van der Waals surface area contributed by atoms with E-state index >= 15 is 0 Å². The molecule has 4 N–H and O–H groups in total. The number of nitrogens with zero attached hydrogens (tertiary/aromatic N) is 1. The Bertz CT molecular complexity index is 504. The quantitative estimate of drug-likeness (QED) is 0.686. The van der Waals surface area contributed by atoms with Crippen LogP contribution in [0.2, 0.25) is 0 Å². The molecule has 0 atom stereocenters. The molecule has 5 heteroatoms. The fraction of sp³-hybridized carbons (Fsp3) is 0.182. The van der Waals surface area contributed by atoms with Gasteiger partial charge in [0.1, 0.15) is 5.82 Å². The highest BCUT2D eigenvalue weighted by molar-refractivity contribution is 5.77. The Balaban J connectivity index is 2.11. The van der Waals surface area contributed by atoms with Crippen LogP contribution in [0.1, 0.15) is 0 Å². The van der Waals surface area contributed by atoms with Gasteiger partial charge >= 0.3 is 0 Å². The number of nitrogens with two attached hydrogens (primary N) is 1. The van der Waals surface area contributed by atoms with Gasteiger partial charge in [-0.05, 0) is 18.2 Å². The number of rotatable bonds is 4. The van der Waals surface area contributed by atoms with Gasteiger partial charge in [0.15, 0.2) is 0 Å². The Kier molecular flexibility index (Phi) is 3.16. The zero-order valence-electron chi connectivity index (χ0n) is 8.70. The molecule has 0 aliphatic rings. The van der Waals surface area contributed by atoms with Gasteiger partial charge in [-0.3, -0.25) is 0 Å². The van der Waals surface area contributed by atoms with Crippen LogP contribution in [0.25, 0.3) is 11.0 Å². The summed E-state index contributed by atoms with van der Waals surface area (Å²) in [7, 11) is 0.